The van der Waals surface area contributed by atoms with Gasteiger partial charge in [-0.1, -0.05) is 24.3 Å². The summed E-state index contributed by atoms with van der Waals surface area (Å²) in [6.07, 6.45) is 3.20. The molecule has 2 aromatic carbocycles. The normalized spacial score (nSPS) is 14.8. The van der Waals surface area contributed by atoms with Crippen LogP contribution in [0.2, 0.25) is 0 Å². The maximum Gasteiger partial charge on any atom is 0.303 e. The van der Waals surface area contributed by atoms with Gasteiger partial charge in [-0.15, -0.1) is 0 Å². The summed E-state index contributed by atoms with van der Waals surface area (Å²) >= 11 is 0. The van der Waals surface area contributed by atoms with Gasteiger partial charge in [-0.3, -0.25) is 19.8 Å². The molecule has 0 saturated carbocycles. The molecule has 11 nitrogen and oxygen atoms in total. The standard InChI is InChI=1S/C29H39N5O6S/c30-13-10-26(35)33-24-7-3-8-25(18-24)41(39,40)19-23(17-21-5-1-6-22(16-21)28(31)32)29(38)34-14-11-20(12-15-34)4-2-9-27(36)37/h1,3,5-8,16,18,20,23H,2,4,9-15,17,19,30H2,(H3,31,32)(H,33,35)(H,36,37)/t23-/m1/s1. The van der Waals surface area contributed by atoms with Gasteiger partial charge in [0, 0.05) is 43.7 Å². The maximum atomic E-state index is 13.8. The first-order valence-electron chi connectivity index (χ1n) is 13.7. The number of rotatable bonds is 14. The SMILES string of the molecule is N=C(N)c1cccc(C[C@H](CS(=O)(=O)c2cccc(NC(=O)CCN)c2)C(=O)N2CCC(CCCC(=O)O)CC2)c1. The molecule has 7 N–H and O–H groups in total. The van der Waals surface area contributed by atoms with Crippen LogP contribution in [-0.2, 0) is 30.6 Å². The predicted octanol–water partition coefficient (Wildman–Crippen LogP) is 2.38. The molecule has 0 unspecified atom stereocenters. The van der Waals surface area contributed by atoms with E-state index in [1.54, 1.807) is 35.2 Å². The lowest BCUT2D eigenvalue weighted by atomic mass is 9.90. The summed E-state index contributed by atoms with van der Waals surface area (Å²) in [4.78, 5) is 38.3. The van der Waals surface area contributed by atoms with E-state index in [0.29, 0.717) is 42.2 Å². The monoisotopic (exact) mass is 585 g/mol. The molecule has 3 rings (SSSR count). The summed E-state index contributed by atoms with van der Waals surface area (Å²) in [7, 11) is -3.94. The minimum atomic E-state index is -3.94. The molecule has 1 fully saturated rings. The Morgan fingerprint density at radius 2 is 1.78 bits per heavy atom. The number of amides is 2. The number of carboxylic acids is 1. The fraction of sp³-hybridized carbons (Fsp3) is 0.448. The van der Waals surface area contributed by atoms with Crippen LogP contribution in [0.1, 0.15) is 49.7 Å². The van der Waals surface area contributed by atoms with Crippen LogP contribution in [0.15, 0.2) is 53.4 Å². The van der Waals surface area contributed by atoms with E-state index in [9.17, 15) is 22.8 Å². The highest BCUT2D eigenvalue weighted by atomic mass is 32.2. The van der Waals surface area contributed by atoms with Crippen LogP contribution < -0.4 is 16.8 Å². The fourth-order valence-electron chi connectivity index (χ4n) is 5.09. The van der Waals surface area contributed by atoms with Gasteiger partial charge in [0.2, 0.25) is 11.8 Å². The second-order valence-electron chi connectivity index (χ2n) is 10.5. The van der Waals surface area contributed by atoms with E-state index in [1.165, 1.54) is 18.2 Å². The van der Waals surface area contributed by atoms with E-state index in [0.717, 1.165) is 19.3 Å². The zero-order valence-electron chi connectivity index (χ0n) is 23.1. The van der Waals surface area contributed by atoms with E-state index in [2.05, 4.69) is 5.32 Å². The fourth-order valence-corrected chi connectivity index (χ4v) is 6.67. The van der Waals surface area contributed by atoms with Crippen molar-refractivity contribution in [2.75, 3.05) is 30.7 Å². The smallest absolute Gasteiger partial charge is 0.303 e. The first-order chi connectivity index (χ1) is 19.5. The van der Waals surface area contributed by atoms with Crippen molar-refractivity contribution in [3.8, 4) is 0 Å². The highest BCUT2D eigenvalue weighted by molar-refractivity contribution is 7.91. The molecule has 12 heteroatoms. The maximum absolute atomic E-state index is 13.8. The van der Waals surface area contributed by atoms with E-state index in [1.807, 2.05) is 0 Å². The first-order valence-corrected chi connectivity index (χ1v) is 15.4. The number of hydrogen-bond donors (Lipinski definition) is 5. The number of anilines is 1. The number of piperidine rings is 1. The van der Waals surface area contributed by atoms with Gasteiger partial charge in [-0.25, -0.2) is 8.42 Å². The summed E-state index contributed by atoms with van der Waals surface area (Å²) in [6, 6.07) is 12.8. The second kappa shape index (κ2) is 14.7. The van der Waals surface area contributed by atoms with E-state index in [4.69, 9.17) is 22.0 Å². The molecule has 0 aromatic heterocycles. The Morgan fingerprint density at radius 1 is 1.07 bits per heavy atom. The second-order valence-corrected chi connectivity index (χ2v) is 12.5. The molecule has 1 aliphatic rings. The molecule has 2 amide bonds. The summed E-state index contributed by atoms with van der Waals surface area (Å²) in [5, 5.41) is 19.3. The number of nitrogens with two attached hydrogens (primary N) is 2. The number of nitrogens with zero attached hydrogens (tertiary/aromatic N) is 1. The van der Waals surface area contributed by atoms with Crippen LogP contribution in [0.25, 0.3) is 0 Å². The number of aliphatic carboxylic acids is 1. The number of sulfone groups is 1. The Balaban J connectivity index is 1.80. The number of carbonyl (C=O) groups is 3. The minimum Gasteiger partial charge on any atom is -0.481 e. The molecular formula is C29H39N5O6S. The molecule has 0 bridgehead atoms. The minimum absolute atomic E-state index is 0.00419. The molecule has 0 spiro atoms. The Bertz CT molecular complexity index is 1350. The number of hydrogen-bond acceptors (Lipinski definition) is 7. The van der Waals surface area contributed by atoms with Crippen molar-refractivity contribution < 1.29 is 27.9 Å². The molecule has 0 radical (unpaired) electrons. The van der Waals surface area contributed by atoms with Gasteiger partial charge in [0.25, 0.3) is 0 Å². The number of nitrogens with one attached hydrogen (secondary N) is 2. The molecular weight excluding hydrogens is 546 g/mol. The van der Waals surface area contributed by atoms with Crippen molar-refractivity contribution in [2.45, 2.75) is 49.8 Å². The summed E-state index contributed by atoms with van der Waals surface area (Å²) in [6.45, 7) is 1.12. The third-order valence-electron chi connectivity index (χ3n) is 7.27. The number of carboxylic acid groups (broad SMARTS) is 1. The Kier molecular flexibility index (Phi) is 11.4. The summed E-state index contributed by atoms with van der Waals surface area (Å²) in [5.74, 6) is -2.54. The number of amidine groups is 1. The van der Waals surface area contributed by atoms with Crippen molar-refractivity contribution in [1.29, 1.82) is 5.41 Å². The van der Waals surface area contributed by atoms with Crippen molar-refractivity contribution >= 4 is 39.1 Å². The molecule has 2 aromatic rings. The number of carbonyl (C=O) groups excluding carboxylic acids is 2. The lowest BCUT2D eigenvalue weighted by molar-refractivity contribution is -0.137. The van der Waals surface area contributed by atoms with E-state index in [-0.39, 0.29) is 48.4 Å². The third kappa shape index (κ3) is 9.68. The average molecular weight is 586 g/mol. The molecule has 1 aliphatic heterocycles. The molecule has 0 aliphatic carbocycles. The summed E-state index contributed by atoms with van der Waals surface area (Å²) in [5.41, 5.74) is 12.6. The number of likely N-dealkylation sites (tertiary alicyclic amines) is 1. The van der Waals surface area contributed by atoms with Crippen LogP contribution in [0.3, 0.4) is 0 Å². The van der Waals surface area contributed by atoms with Crippen LogP contribution in [0.4, 0.5) is 5.69 Å². The predicted molar refractivity (Wildman–Crippen MR) is 156 cm³/mol. The van der Waals surface area contributed by atoms with Gasteiger partial charge in [-0.05, 0) is 67.9 Å². The van der Waals surface area contributed by atoms with Gasteiger partial charge >= 0.3 is 5.97 Å². The first kappa shape index (κ1) is 31.8. The van der Waals surface area contributed by atoms with Crippen molar-refractivity contribution in [3.05, 3.63) is 59.7 Å². The quantitative estimate of drug-likeness (QED) is 0.164. The topological polar surface area (TPSA) is 197 Å². The number of benzene rings is 2. The van der Waals surface area contributed by atoms with E-state index >= 15 is 0 Å². The zero-order valence-corrected chi connectivity index (χ0v) is 23.9. The Hall–Kier alpha value is -3.77. The zero-order chi connectivity index (χ0) is 30.0. The van der Waals surface area contributed by atoms with Crippen molar-refractivity contribution in [2.24, 2.45) is 23.3 Å². The van der Waals surface area contributed by atoms with Gasteiger partial charge < -0.3 is 26.8 Å². The molecule has 222 valence electrons. The third-order valence-corrected chi connectivity index (χ3v) is 9.08. The van der Waals surface area contributed by atoms with Crippen molar-refractivity contribution in [1.82, 2.24) is 4.90 Å². The van der Waals surface area contributed by atoms with Crippen molar-refractivity contribution in [3.63, 3.8) is 0 Å². The summed E-state index contributed by atoms with van der Waals surface area (Å²) < 4.78 is 27.2. The lowest BCUT2D eigenvalue weighted by Crippen LogP contribution is -2.44. The molecule has 41 heavy (non-hydrogen) atoms. The lowest BCUT2D eigenvalue weighted by Gasteiger charge is -2.34. The Morgan fingerprint density at radius 3 is 2.44 bits per heavy atom. The molecule has 1 heterocycles. The van der Waals surface area contributed by atoms with Crippen LogP contribution in [0, 0.1) is 17.2 Å². The van der Waals surface area contributed by atoms with Gasteiger partial charge in [0.1, 0.15) is 5.84 Å². The highest BCUT2D eigenvalue weighted by Gasteiger charge is 2.32. The van der Waals surface area contributed by atoms with Gasteiger partial charge in [0.15, 0.2) is 9.84 Å². The molecule has 1 saturated heterocycles. The number of nitrogen functional groups attached to an aromatic ring is 1. The van der Waals surface area contributed by atoms with Crippen LogP contribution in [-0.4, -0.2) is 67.4 Å². The van der Waals surface area contributed by atoms with Gasteiger partial charge in [-0.2, -0.15) is 0 Å². The van der Waals surface area contributed by atoms with Crippen LogP contribution in [0.5, 0.6) is 0 Å². The molecule has 1 atom stereocenters. The Labute approximate surface area is 240 Å². The highest BCUT2D eigenvalue weighted by Crippen LogP contribution is 2.27. The van der Waals surface area contributed by atoms with Crippen LogP contribution >= 0.6 is 0 Å². The largest absolute Gasteiger partial charge is 0.481 e. The van der Waals surface area contributed by atoms with Gasteiger partial charge in [0.05, 0.1) is 16.6 Å². The average Bonchev–Trinajstić information content (AvgIpc) is 2.93. The van der Waals surface area contributed by atoms with E-state index < -0.39 is 27.5 Å².